The second kappa shape index (κ2) is 8.53. The predicted molar refractivity (Wildman–Crippen MR) is 63.8 cm³/mol. The first-order valence-electron chi connectivity index (χ1n) is 5.95. The van der Waals surface area contributed by atoms with Gasteiger partial charge in [0.15, 0.2) is 0 Å². The van der Waals surface area contributed by atoms with Crippen LogP contribution in [0, 0.1) is 0 Å². The molecule has 0 aliphatic carbocycles. The van der Waals surface area contributed by atoms with Crippen LogP contribution in [-0.4, -0.2) is 36.6 Å². The summed E-state index contributed by atoms with van der Waals surface area (Å²) < 4.78 is 0. The van der Waals surface area contributed by atoms with E-state index in [4.69, 9.17) is 5.73 Å². The monoisotopic (exact) mass is 215 g/mol. The number of rotatable bonds is 7. The van der Waals surface area contributed by atoms with E-state index in [-0.39, 0.29) is 6.03 Å². The smallest absolute Gasteiger partial charge is 0.317 e. The van der Waals surface area contributed by atoms with Gasteiger partial charge < -0.3 is 16.0 Å². The van der Waals surface area contributed by atoms with E-state index >= 15 is 0 Å². The van der Waals surface area contributed by atoms with E-state index in [0.29, 0.717) is 19.1 Å². The number of nitrogens with one attached hydrogen (secondary N) is 1. The maximum absolute atomic E-state index is 11.8. The fraction of sp³-hybridized carbons (Fsp3) is 0.909. The van der Waals surface area contributed by atoms with Gasteiger partial charge in [-0.1, -0.05) is 20.8 Å². The third kappa shape index (κ3) is 5.02. The molecule has 0 unspecified atom stereocenters. The third-order valence-electron chi connectivity index (χ3n) is 2.54. The van der Waals surface area contributed by atoms with Crippen molar-refractivity contribution in [2.24, 2.45) is 5.73 Å². The van der Waals surface area contributed by atoms with Crippen LogP contribution in [-0.2, 0) is 0 Å². The van der Waals surface area contributed by atoms with E-state index in [1.165, 1.54) is 0 Å². The molecule has 3 N–H and O–H groups in total. The molecule has 0 spiro atoms. The number of hydrogen-bond acceptors (Lipinski definition) is 2. The quantitative estimate of drug-likeness (QED) is 0.677. The molecule has 0 heterocycles. The Balaban J connectivity index is 4.28. The second-order valence-electron chi connectivity index (χ2n) is 3.68. The summed E-state index contributed by atoms with van der Waals surface area (Å²) in [6, 6.07) is 0.335. The van der Waals surface area contributed by atoms with E-state index in [9.17, 15) is 4.79 Å². The van der Waals surface area contributed by atoms with Crippen molar-refractivity contribution in [3.05, 3.63) is 0 Å². The molecule has 90 valence electrons. The minimum Gasteiger partial charge on any atom is -0.338 e. The van der Waals surface area contributed by atoms with Crippen molar-refractivity contribution < 1.29 is 4.79 Å². The summed E-state index contributed by atoms with van der Waals surface area (Å²) in [6.45, 7) is 8.15. The van der Waals surface area contributed by atoms with Crippen molar-refractivity contribution in [3.8, 4) is 0 Å². The summed E-state index contributed by atoms with van der Waals surface area (Å²) in [5, 5.41) is 2.90. The standard InChI is InChI=1S/C11H25N3O/c1-4-8-13-11(15)14(9-7-12)10(5-2)6-3/h10H,4-9,12H2,1-3H3,(H,13,15). The number of nitrogens with two attached hydrogens (primary N) is 1. The molecule has 0 aliphatic heterocycles. The molecule has 4 nitrogen and oxygen atoms in total. The SMILES string of the molecule is CCCNC(=O)N(CCN)C(CC)CC. The van der Waals surface area contributed by atoms with Crippen LogP contribution in [0.2, 0.25) is 0 Å². The molecule has 0 aromatic heterocycles. The van der Waals surface area contributed by atoms with E-state index < -0.39 is 0 Å². The Bertz CT molecular complexity index is 169. The third-order valence-corrected chi connectivity index (χ3v) is 2.54. The molecule has 0 fully saturated rings. The lowest BCUT2D eigenvalue weighted by atomic mass is 10.1. The summed E-state index contributed by atoms with van der Waals surface area (Å²) in [5.41, 5.74) is 5.52. The van der Waals surface area contributed by atoms with Crippen molar-refractivity contribution in [1.82, 2.24) is 10.2 Å². The fourth-order valence-electron chi connectivity index (χ4n) is 1.65. The van der Waals surface area contributed by atoms with Gasteiger partial charge in [0.05, 0.1) is 0 Å². The van der Waals surface area contributed by atoms with Crippen LogP contribution in [0.4, 0.5) is 4.79 Å². The highest BCUT2D eigenvalue weighted by Gasteiger charge is 2.19. The van der Waals surface area contributed by atoms with Gasteiger partial charge in [-0.25, -0.2) is 4.79 Å². The molecule has 0 bridgehead atoms. The van der Waals surface area contributed by atoms with Crippen molar-refractivity contribution in [2.75, 3.05) is 19.6 Å². The van der Waals surface area contributed by atoms with Crippen molar-refractivity contribution in [1.29, 1.82) is 0 Å². The number of hydrogen-bond donors (Lipinski definition) is 2. The molecule has 0 atom stereocenters. The van der Waals surface area contributed by atoms with Gasteiger partial charge in [0.1, 0.15) is 0 Å². The molecule has 15 heavy (non-hydrogen) atoms. The number of nitrogens with zero attached hydrogens (tertiary/aromatic N) is 1. The summed E-state index contributed by atoms with van der Waals surface area (Å²) in [4.78, 5) is 13.7. The van der Waals surface area contributed by atoms with E-state index in [1.807, 2.05) is 11.8 Å². The lowest BCUT2D eigenvalue weighted by Crippen LogP contribution is -2.48. The van der Waals surface area contributed by atoms with Crippen LogP contribution in [0.15, 0.2) is 0 Å². The summed E-state index contributed by atoms with van der Waals surface area (Å²) >= 11 is 0. The Hall–Kier alpha value is -0.770. The lowest BCUT2D eigenvalue weighted by molar-refractivity contribution is 0.172. The van der Waals surface area contributed by atoms with Crippen LogP contribution in [0.5, 0.6) is 0 Å². The summed E-state index contributed by atoms with van der Waals surface area (Å²) in [7, 11) is 0. The number of urea groups is 1. The van der Waals surface area contributed by atoms with E-state index in [2.05, 4.69) is 19.2 Å². The Morgan fingerprint density at radius 1 is 1.33 bits per heavy atom. The second-order valence-corrected chi connectivity index (χ2v) is 3.68. The molecule has 0 aliphatic rings. The Morgan fingerprint density at radius 2 is 1.93 bits per heavy atom. The molecule has 2 amide bonds. The van der Waals surface area contributed by atoms with Gasteiger partial charge >= 0.3 is 6.03 Å². The summed E-state index contributed by atoms with van der Waals surface area (Å²) in [6.07, 6.45) is 2.93. The van der Waals surface area contributed by atoms with Crippen LogP contribution < -0.4 is 11.1 Å². The van der Waals surface area contributed by atoms with Crippen LogP contribution in [0.25, 0.3) is 0 Å². The Morgan fingerprint density at radius 3 is 2.33 bits per heavy atom. The van der Waals surface area contributed by atoms with Gasteiger partial charge in [-0.2, -0.15) is 0 Å². The zero-order chi connectivity index (χ0) is 11.7. The van der Waals surface area contributed by atoms with E-state index in [1.54, 1.807) is 0 Å². The molecule has 0 saturated heterocycles. The minimum atomic E-state index is 0.0241. The first kappa shape index (κ1) is 14.2. The average molecular weight is 215 g/mol. The molecular formula is C11H25N3O. The highest BCUT2D eigenvalue weighted by Crippen LogP contribution is 2.08. The molecule has 0 aromatic rings. The van der Waals surface area contributed by atoms with Crippen molar-refractivity contribution >= 4 is 6.03 Å². The molecule has 0 aromatic carbocycles. The molecule has 4 heteroatoms. The first-order valence-corrected chi connectivity index (χ1v) is 5.95. The van der Waals surface area contributed by atoms with Gasteiger partial charge in [-0.3, -0.25) is 0 Å². The van der Waals surface area contributed by atoms with Gasteiger partial charge in [0, 0.05) is 25.7 Å². The maximum atomic E-state index is 11.8. The number of carbonyl (C=O) groups is 1. The van der Waals surface area contributed by atoms with Gasteiger partial charge in [-0.05, 0) is 19.3 Å². The largest absolute Gasteiger partial charge is 0.338 e. The van der Waals surface area contributed by atoms with Crippen LogP contribution in [0.1, 0.15) is 40.0 Å². The molecule has 0 radical (unpaired) electrons. The Kier molecular flexibility index (Phi) is 8.09. The van der Waals surface area contributed by atoms with Crippen molar-refractivity contribution in [2.45, 2.75) is 46.1 Å². The zero-order valence-electron chi connectivity index (χ0n) is 10.3. The van der Waals surface area contributed by atoms with Gasteiger partial charge in [0.2, 0.25) is 0 Å². The van der Waals surface area contributed by atoms with E-state index in [0.717, 1.165) is 25.8 Å². The van der Waals surface area contributed by atoms with Crippen LogP contribution in [0.3, 0.4) is 0 Å². The highest BCUT2D eigenvalue weighted by molar-refractivity contribution is 5.74. The van der Waals surface area contributed by atoms with Gasteiger partial charge in [-0.15, -0.1) is 0 Å². The normalized spacial score (nSPS) is 10.5. The maximum Gasteiger partial charge on any atom is 0.317 e. The number of carbonyl (C=O) groups excluding carboxylic acids is 1. The van der Waals surface area contributed by atoms with Gasteiger partial charge in [0.25, 0.3) is 0 Å². The highest BCUT2D eigenvalue weighted by atomic mass is 16.2. The zero-order valence-corrected chi connectivity index (χ0v) is 10.3. The Labute approximate surface area is 93.2 Å². The summed E-state index contributed by atoms with van der Waals surface area (Å²) in [5.74, 6) is 0. The van der Waals surface area contributed by atoms with Crippen molar-refractivity contribution in [3.63, 3.8) is 0 Å². The molecular weight excluding hydrogens is 190 g/mol. The van der Waals surface area contributed by atoms with Crippen LogP contribution >= 0.6 is 0 Å². The predicted octanol–water partition coefficient (Wildman–Crippen LogP) is 1.56. The minimum absolute atomic E-state index is 0.0241. The fourth-order valence-corrected chi connectivity index (χ4v) is 1.65. The molecule has 0 saturated carbocycles. The lowest BCUT2D eigenvalue weighted by Gasteiger charge is -2.30. The number of amides is 2. The first-order chi connectivity index (χ1) is 7.21. The molecule has 0 rings (SSSR count). The average Bonchev–Trinajstić information content (AvgIpc) is 2.26. The topological polar surface area (TPSA) is 58.4 Å².